The van der Waals surface area contributed by atoms with Gasteiger partial charge in [-0.2, -0.15) is 5.26 Å². The van der Waals surface area contributed by atoms with Crippen molar-refractivity contribution in [3.8, 4) is 6.07 Å². The van der Waals surface area contributed by atoms with Crippen LogP contribution in [-0.4, -0.2) is 24.8 Å². The summed E-state index contributed by atoms with van der Waals surface area (Å²) >= 11 is 0. The van der Waals surface area contributed by atoms with Crippen LogP contribution in [0.2, 0.25) is 0 Å². The van der Waals surface area contributed by atoms with E-state index in [1.54, 1.807) is 0 Å². The average molecular weight is 250 g/mol. The maximum absolute atomic E-state index is 9.23. The first-order valence-electron chi connectivity index (χ1n) is 7.48. The van der Waals surface area contributed by atoms with E-state index in [1.807, 2.05) is 6.92 Å². The Morgan fingerprint density at radius 3 is 2.61 bits per heavy atom. The summed E-state index contributed by atoms with van der Waals surface area (Å²) in [6.07, 6.45) is 9.64. The summed E-state index contributed by atoms with van der Waals surface area (Å²) in [6.45, 7) is 3.82. The third-order valence-electron chi connectivity index (χ3n) is 3.93. The number of hydrogen-bond acceptors (Lipinski definition) is 3. The fourth-order valence-corrected chi connectivity index (χ4v) is 2.28. The standard InChI is InChI=1S/C15H26N2O/c1-15(12-16,17-14-6-7-14)9-2-3-10-18-11-8-13-4-5-13/h13-14,17H,2-11H2,1H3. The molecule has 2 saturated carbocycles. The molecule has 0 aromatic carbocycles. The molecule has 0 aromatic rings. The Morgan fingerprint density at radius 2 is 2.00 bits per heavy atom. The molecule has 0 aromatic heterocycles. The van der Waals surface area contributed by atoms with Crippen LogP contribution in [-0.2, 0) is 4.74 Å². The van der Waals surface area contributed by atoms with Gasteiger partial charge >= 0.3 is 0 Å². The van der Waals surface area contributed by atoms with Crippen LogP contribution in [0, 0.1) is 17.2 Å². The quantitative estimate of drug-likeness (QED) is 0.606. The first-order valence-corrected chi connectivity index (χ1v) is 7.48. The van der Waals surface area contributed by atoms with Gasteiger partial charge in [0, 0.05) is 19.3 Å². The van der Waals surface area contributed by atoms with Gasteiger partial charge < -0.3 is 4.74 Å². The molecule has 1 atom stereocenters. The molecule has 1 N–H and O–H groups in total. The van der Waals surface area contributed by atoms with Crippen molar-refractivity contribution >= 4 is 0 Å². The molecule has 0 saturated heterocycles. The highest BCUT2D eigenvalue weighted by molar-refractivity contribution is 5.06. The van der Waals surface area contributed by atoms with E-state index < -0.39 is 0 Å². The molecule has 2 aliphatic rings. The smallest absolute Gasteiger partial charge is 0.104 e. The summed E-state index contributed by atoms with van der Waals surface area (Å²) in [4.78, 5) is 0. The highest BCUT2D eigenvalue weighted by Gasteiger charge is 2.31. The van der Waals surface area contributed by atoms with E-state index in [2.05, 4.69) is 11.4 Å². The van der Waals surface area contributed by atoms with Crippen molar-refractivity contribution in [2.24, 2.45) is 5.92 Å². The van der Waals surface area contributed by atoms with E-state index in [9.17, 15) is 5.26 Å². The van der Waals surface area contributed by atoms with Gasteiger partial charge in [0.2, 0.25) is 0 Å². The van der Waals surface area contributed by atoms with Gasteiger partial charge in [-0.15, -0.1) is 0 Å². The minimum atomic E-state index is -0.324. The van der Waals surface area contributed by atoms with Crippen LogP contribution in [0.25, 0.3) is 0 Å². The summed E-state index contributed by atoms with van der Waals surface area (Å²) in [5.74, 6) is 0.967. The molecule has 0 aliphatic heterocycles. The molecule has 3 heteroatoms. The molecule has 1 unspecified atom stereocenters. The highest BCUT2D eigenvalue weighted by atomic mass is 16.5. The second-order valence-corrected chi connectivity index (χ2v) is 6.16. The first kappa shape index (κ1) is 13.8. The molecule has 0 amide bonds. The summed E-state index contributed by atoms with van der Waals surface area (Å²) in [5, 5.41) is 12.7. The van der Waals surface area contributed by atoms with Crippen molar-refractivity contribution in [2.45, 2.75) is 69.9 Å². The van der Waals surface area contributed by atoms with Gasteiger partial charge in [0.1, 0.15) is 5.54 Å². The van der Waals surface area contributed by atoms with Crippen LogP contribution in [0.1, 0.15) is 58.3 Å². The SMILES string of the molecule is CC(C#N)(CCCCOCCC1CC1)NC1CC1. The van der Waals surface area contributed by atoms with Crippen LogP contribution in [0.5, 0.6) is 0 Å². The maximum atomic E-state index is 9.23. The van der Waals surface area contributed by atoms with E-state index >= 15 is 0 Å². The minimum Gasteiger partial charge on any atom is -0.381 e. The van der Waals surface area contributed by atoms with Crippen LogP contribution >= 0.6 is 0 Å². The highest BCUT2D eigenvalue weighted by Crippen LogP contribution is 2.32. The van der Waals surface area contributed by atoms with E-state index in [-0.39, 0.29) is 5.54 Å². The van der Waals surface area contributed by atoms with E-state index in [4.69, 9.17) is 4.74 Å². The van der Waals surface area contributed by atoms with Gasteiger partial charge in [-0.05, 0) is 51.4 Å². The normalized spacial score (nSPS) is 22.4. The Balaban J connectivity index is 1.46. The predicted octanol–water partition coefficient (Wildman–Crippen LogP) is 3.01. The lowest BCUT2D eigenvalue weighted by Gasteiger charge is -2.23. The molecule has 0 bridgehead atoms. The third kappa shape index (κ3) is 5.37. The van der Waals surface area contributed by atoms with Gasteiger partial charge in [0.15, 0.2) is 0 Å². The Bertz CT molecular complexity index is 291. The molecule has 0 spiro atoms. The summed E-state index contributed by atoms with van der Waals surface area (Å²) in [5.41, 5.74) is -0.324. The van der Waals surface area contributed by atoms with Crippen LogP contribution in [0.4, 0.5) is 0 Å². The van der Waals surface area contributed by atoms with Crippen LogP contribution in [0.15, 0.2) is 0 Å². The van der Waals surface area contributed by atoms with Crippen molar-refractivity contribution in [3.05, 3.63) is 0 Å². The summed E-state index contributed by atoms with van der Waals surface area (Å²) < 4.78 is 5.62. The molecule has 2 rings (SSSR count). The Hall–Kier alpha value is -0.590. The van der Waals surface area contributed by atoms with Crippen molar-refractivity contribution in [2.75, 3.05) is 13.2 Å². The zero-order valence-electron chi connectivity index (χ0n) is 11.6. The van der Waals surface area contributed by atoms with Crippen molar-refractivity contribution in [1.82, 2.24) is 5.32 Å². The van der Waals surface area contributed by atoms with Crippen molar-refractivity contribution in [3.63, 3.8) is 0 Å². The number of nitrogens with zero attached hydrogens (tertiary/aromatic N) is 1. The van der Waals surface area contributed by atoms with Crippen LogP contribution in [0.3, 0.4) is 0 Å². The number of nitriles is 1. The number of rotatable bonds is 10. The zero-order valence-corrected chi connectivity index (χ0v) is 11.6. The van der Waals surface area contributed by atoms with E-state index in [1.165, 1.54) is 32.1 Å². The van der Waals surface area contributed by atoms with Gasteiger partial charge in [0.05, 0.1) is 6.07 Å². The fraction of sp³-hybridized carbons (Fsp3) is 0.933. The predicted molar refractivity (Wildman–Crippen MR) is 72.2 cm³/mol. The number of ether oxygens (including phenoxy) is 1. The number of hydrogen-bond donors (Lipinski definition) is 1. The van der Waals surface area contributed by atoms with Crippen LogP contribution < -0.4 is 5.32 Å². The Labute approximate surface area is 111 Å². The van der Waals surface area contributed by atoms with Gasteiger partial charge in [-0.3, -0.25) is 5.32 Å². The topological polar surface area (TPSA) is 45.0 Å². The second kappa shape index (κ2) is 6.54. The molecule has 0 radical (unpaired) electrons. The summed E-state index contributed by atoms with van der Waals surface area (Å²) in [6, 6.07) is 3.02. The lowest BCUT2D eigenvalue weighted by Crippen LogP contribution is -2.42. The number of unbranched alkanes of at least 4 members (excludes halogenated alkanes) is 1. The van der Waals surface area contributed by atoms with E-state index in [0.717, 1.165) is 38.4 Å². The average Bonchev–Trinajstić information content (AvgIpc) is 3.22. The van der Waals surface area contributed by atoms with Crippen molar-refractivity contribution in [1.29, 1.82) is 5.26 Å². The molecule has 2 aliphatic carbocycles. The third-order valence-corrected chi connectivity index (χ3v) is 3.93. The van der Waals surface area contributed by atoms with Gasteiger partial charge in [-0.25, -0.2) is 0 Å². The molecular formula is C15H26N2O. The minimum absolute atomic E-state index is 0.324. The van der Waals surface area contributed by atoms with E-state index in [0.29, 0.717) is 6.04 Å². The van der Waals surface area contributed by atoms with Gasteiger partial charge in [-0.1, -0.05) is 12.8 Å². The Kier molecular flexibility index (Phi) is 5.03. The molecule has 0 heterocycles. The molecule has 2 fully saturated rings. The Morgan fingerprint density at radius 1 is 1.22 bits per heavy atom. The first-order chi connectivity index (χ1) is 8.72. The summed E-state index contributed by atoms with van der Waals surface area (Å²) in [7, 11) is 0. The maximum Gasteiger partial charge on any atom is 0.104 e. The molecule has 18 heavy (non-hydrogen) atoms. The largest absolute Gasteiger partial charge is 0.381 e. The number of nitrogens with one attached hydrogen (secondary N) is 1. The monoisotopic (exact) mass is 250 g/mol. The molecule has 102 valence electrons. The fourth-order valence-electron chi connectivity index (χ4n) is 2.28. The molecule has 3 nitrogen and oxygen atoms in total. The lowest BCUT2D eigenvalue weighted by atomic mass is 9.96. The zero-order chi connectivity index (χ0) is 12.8. The molecular weight excluding hydrogens is 224 g/mol. The lowest BCUT2D eigenvalue weighted by molar-refractivity contribution is 0.123. The van der Waals surface area contributed by atoms with Crippen molar-refractivity contribution < 1.29 is 4.74 Å². The second-order valence-electron chi connectivity index (χ2n) is 6.16. The van der Waals surface area contributed by atoms with Gasteiger partial charge in [0.25, 0.3) is 0 Å².